The summed E-state index contributed by atoms with van der Waals surface area (Å²) in [6.45, 7) is 5.13. The van der Waals surface area contributed by atoms with Crippen molar-refractivity contribution in [2.24, 2.45) is 0 Å². The van der Waals surface area contributed by atoms with Gasteiger partial charge in [0.15, 0.2) is 5.13 Å². The molecule has 5 rings (SSSR count). The number of aromatic nitrogens is 1. The summed E-state index contributed by atoms with van der Waals surface area (Å²) in [6.07, 6.45) is 2.30. The number of hydrogen-bond donors (Lipinski definition) is 0. The van der Waals surface area contributed by atoms with E-state index in [1.807, 2.05) is 4.90 Å². The zero-order chi connectivity index (χ0) is 22.3. The number of carbonyl (C=O) groups excluding carboxylic acids is 1. The van der Waals surface area contributed by atoms with Crippen LogP contribution < -0.4 is 4.90 Å². The molecule has 2 aliphatic heterocycles. The predicted octanol–water partition coefficient (Wildman–Crippen LogP) is 3.42. The van der Waals surface area contributed by atoms with Crippen molar-refractivity contribution < 1.29 is 13.2 Å². The van der Waals surface area contributed by atoms with E-state index in [-0.39, 0.29) is 5.91 Å². The first kappa shape index (κ1) is 21.8. The van der Waals surface area contributed by atoms with E-state index in [1.165, 1.54) is 25.9 Å². The summed E-state index contributed by atoms with van der Waals surface area (Å²) in [5.74, 6) is -0.0702. The first-order valence-electron chi connectivity index (χ1n) is 11.0. The lowest BCUT2D eigenvalue weighted by atomic mass is 10.2. The monoisotopic (exact) mass is 490 g/mol. The molecular formula is C22H26N4O3S3. The van der Waals surface area contributed by atoms with Gasteiger partial charge >= 0.3 is 0 Å². The quantitative estimate of drug-likeness (QED) is 0.548. The summed E-state index contributed by atoms with van der Waals surface area (Å²) in [7, 11) is -3.62. The summed E-state index contributed by atoms with van der Waals surface area (Å²) in [5.41, 5.74) is 2.32. The van der Waals surface area contributed by atoms with Crippen molar-refractivity contribution in [1.82, 2.24) is 14.2 Å². The van der Waals surface area contributed by atoms with Gasteiger partial charge in [-0.1, -0.05) is 30.4 Å². The van der Waals surface area contributed by atoms with E-state index in [2.05, 4.69) is 30.0 Å². The van der Waals surface area contributed by atoms with Crippen molar-refractivity contribution in [2.75, 3.05) is 37.6 Å². The summed E-state index contributed by atoms with van der Waals surface area (Å²) < 4.78 is 28.9. The number of piperazine rings is 1. The van der Waals surface area contributed by atoms with Crippen LogP contribution in [-0.2, 0) is 21.2 Å². The number of carbonyl (C=O) groups is 1. The minimum Gasteiger partial charge on any atom is -0.345 e. The number of thiophene rings is 1. The Balaban J connectivity index is 1.26. The highest BCUT2D eigenvalue weighted by Gasteiger charge is 2.42. The van der Waals surface area contributed by atoms with Crippen LogP contribution in [0.15, 0.2) is 39.9 Å². The third kappa shape index (κ3) is 3.93. The van der Waals surface area contributed by atoms with E-state index in [0.29, 0.717) is 49.8 Å². The van der Waals surface area contributed by atoms with E-state index < -0.39 is 16.1 Å². The average molecular weight is 491 g/mol. The number of benzene rings is 1. The molecule has 0 N–H and O–H groups in total. The minimum absolute atomic E-state index is 0.0702. The Morgan fingerprint density at radius 3 is 2.69 bits per heavy atom. The molecule has 1 atom stereocenters. The van der Waals surface area contributed by atoms with Crippen LogP contribution in [0.1, 0.15) is 25.3 Å². The first-order valence-corrected chi connectivity index (χ1v) is 14.1. The van der Waals surface area contributed by atoms with Crippen LogP contribution in [0.2, 0.25) is 0 Å². The molecule has 32 heavy (non-hydrogen) atoms. The molecule has 0 radical (unpaired) electrons. The highest BCUT2D eigenvalue weighted by atomic mass is 32.2. The first-order chi connectivity index (χ1) is 15.5. The second-order valence-electron chi connectivity index (χ2n) is 8.17. The fraction of sp³-hybridized carbons (Fsp3) is 0.455. The molecule has 7 nitrogen and oxygen atoms in total. The summed E-state index contributed by atoms with van der Waals surface area (Å²) in [4.78, 5) is 22.1. The van der Waals surface area contributed by atoms with Crippen LogP contribution in [0.5, 0.6) is 0 Å². The fourth-order valence-corrected chi connectivity index (χ4v) is 8.29. The van der Waals surface area contributed by atoms with E-state index >= 15 is 0 Å². The van der Waals surface area contributed by atoms with E-state index in [1.54, 1.807) is 28.8 Å². The van der Waals surface area contributed by atoms with Gasteiger partial charge in [-0.15, -0.1) is 11.3 Å². The highest BCUT2D eigenvalue weighted by molar-refractivity contribution is 7.91. The third-order valence-electron chi connectivity index (χ3n) is 6.26. The lowest BCUT2D eigenvalue weighted by Crippen LogP contribution is -2.54. The van der Waals surface area contributed by atoms with Gasteiger partial charge in [0.1, 0.15) is 10.3 Å². The van der Waals surface area contributed by atoms with Gasteiger partial charge in [0.25, 0.3) is 10.0 Å². The van der Waals surface area contributed by atoms with Gasteiger partial charge in [-0.05, 0) is 48.4 Å². The summed E-state index contributed by atoms with van der Waals surface area (Å²) in [5, 5.41) is 2.74. The molecule has 1 unspecified atom stereocenters. The number of thiazole rings is 1. The topological polar surface area (TPSA) is 73.8 Å². The maximum Gasteiger partial charge on any atom is 0.253 e. The lowest BCUT2D eigenvalue weighted by molar-refractivity contribution is -0.134. The van der Waals surface area contributed by atoms with E-state index in [9.17, 15) is 13.2 Å². The fourth-order valence-electron chi connectivity index (χ4n) is 4.44. The number of amides is 1. The predicted molar refractivity (Wildman–Crippen MR) is 129 cm³/mol. The molecule has 3 aromatic rings. The molecule has 4 heterocycles. The van der Waals surface area contributed by atoms with Gasteiger partial charge in [-0.2, -0.15) is 4.31 Å². The molecule has 0 aliphatic carbocycles. The lowest BCUT2D eigenvalue weighted by Gasteiger charge is -2.37. The van der Waals surface area contributed by atoms with Gasteiger partial charge in [-0.3, -0.25) is 4.79 Å². The van der Waals surface area contributed by atoms with Crippen LogP contribution >= 0.6 is 22.7 Å². The van der Waals surface area contributed by atoms with Crippen LogP contribution in [0.4, 0.5) is 5.13 Å². The Bertz CT molecular complexity index is 1210. The third-order valence-corrected chi connectivity index (χ3v) is 10.6. The number of anilines is 1. The molecule has 1 aromatic carbocycles. The smallest absolute Gasteiger partial charge is 0.253 e. The SMILES string of the molecule is CCc1ccc2nc(N3CCN(C(=O)C4CCCN4S(=O)(=O)c4cccs4)CC3)sc2c1. The zero-order valence-electron chi connectivity index (χ0n) is 17.9. The molecule has 10 heteroatoms. The molecule has 1 amide bonds. The minimum atomic E-state index is -3.62. The molecule has 0 spiro atoms. The summed E-state index contributed by atoms with van der Waals surface area (Å²) in [6, 6.07) is 9.16. The molecular weight excluding hydrogens is 464 g/mol. The number of hydrogen-bond acceptors (Lipinski definition) is 7. The number of aryl methyl sites for hydroxylation is 1. The molecule has 170 valence electrons. The van der Waals surface area contributed by atoms with Crippen molar-refractivity contribution in [3.63, 3.8) is 0 Å². The largest absolute Gasteiger partial charge is 0.345 e. The Morgan fingerprint density at radius 1 is 1.16 bits per heavy atom. The van der Waals surface area contributed by atoms with Gasteiger partial charge in [0, 0.05) is 32.7 Å². The Hall–Kier alpha value is -2.01. The van der Waals surface area contributed by atoms with Crippen LogP contribution in [0.25, 0.3) is 10.2 Å². The second-order valence-corrected chi connectivity index (χ2v) is 12.2. The van der Waals surface area contributed by atoms with Crippen molar-refractivity contribution in [1.29, 1.82) is 0 Å². The molecule has 2 saturated heterocycles. The van der Waals surface area contributed by atoms with E-state index in [0.717, 1.165) is 17.1 Å². The molecule has 2 fully saturated rings. The van der Waals surface area contributed by atoms with Crippen molar-refractivity contribution in [2.45, 2.75) is 36.4 Å². The van der Waals surface area contributed by atoms with Gasteiger partial charge in [0.2, 0.25) is 5.91 Å². The van der Waals surface area contributed by atoms with Gasteiger partial charge in [0.05, 0.1) is 10.2 Å². The highest BCUT2D eigenvalue weighted by Crippen LogP contribution is 2.32. The van der Waals surface area contributed by atoms with Crippen molar-refractivity contribution >= 4 is 54.0 Å². The molecule has 2 aliphatic rings. The molecule has 0 saturated carbocycles. The Labute approximate surface area is 196 Å². The molecule has 2 aromatic heterocycles. The maximum atomic E-state index is 13.3. The zero-order valence-corrected chi connectivity index (χ0v) is 20.4. The Kier molecular flexibility index (Phi) is 5.96. The van der Waals surface area contributed by atoms with Crippen LogP contribution in [-0.4, -0.2) is 67.3 Å². The molecule has 0 bridgehead atoms. The maximum absolute atomic E-state index is 13.3. The van der Waals surface area contributed by atoms with Crippen LogP contribution in [0, 0.1) is 0 Å². The normalized spacial score (nSPS) is 20.3. The van der Waals surface area contributed by atoms with Crippen molar-refractivity contribution in [3.8, 4) is 0 Å². The van der Waals surface area contributed by atoms with Gasteiger partial charge in [-0.25, -0.2) is 13.4 Å². The number of nitrogens with zero attached hydrogens (tertiary/aromatic N) is 4. The summed E-state index contributed by atoms with van der Waals surface area (Å²) >= 11 is 2.90. The van der Waals surface area contributed by atoms with Crippen LogP contribution in [0.3, 0.4) is 0 Å². The number of sulfonamides is 1. The Morgan fingerprint density at radius 2 is 1.97 bits per heavy atom. The average Bonchev–Trinajstić information content (AvgIpc) is 3.58. The number of rotatable bonds is 5. The second kappa shape index (κ2) is 8.74. The van der Waals surface area contributed by atoms with Crippen molar-refractivity contribution in [3.05, 3.63) is 41.3 Å². The number of fused-ring (bicyclic) bond motifs is 1. The van der Waals surface area contributed by atoms with E-state index in [4.69, 9.17) is 4.98 Å². The standard InChI is InChI=1S/C22H26N4O3S3/c1-2-16-7-8-17-19(15-16)31-22(23-17)25-12-10-24(11-13-25)21(27)18-5-3-9-26(18)32(28,29)20-6-4-14-30-20/h4,6-8,14-15,18H,2-3,5,9-13H2,1H3. The van der Waals surface area contributed by atoms with Gasteiger partial charge < -0.3 is 9.80 Å².